The maximum absolute atomic E-state index is 13.8. The van der Waals surface area contributed by atoms with Gasteiger partial charge in [0.25, 0.3) is 5.91 Å². The summed E-state index contributed by atoms with van der Waals surface area (Å²) in [5.74, 6) is -0.600. The SMILES string of the molecule is O=C(NC1CN(C(=O)O)CCCC1OC(=O)c1ccc(OCc2ccccc2)cc1)c1ccc(OC(=O)c2c(OCc3ccccc3)cccc2OCc2ccccc2)cc1. The number of rotatable bonds is 15. The minimum Gasteiger partial charge on any atom is -0.489 e. The highest BCUT2D eigenvalue weighted by Crippen LogP contribution is 2.32. The zero-order chi connectivity index (χ0) is 42.4. The van der Waals surface area contributed by atoms with Gasteiger partial charge in [0.1, 0.15) is 54.5 Å². The molecule has 12 heteroatoms. The standard InChI is InChI=1S/C49H44N2O10/c52-46(50-41-30-51(49(55)56)29-11-20-42(41)61-47(53)38-23-25-39(26-24-38)57-31-34-12-4-1-5-13-34)37-21-27-40(28-22-37)60-48(54)45-43(58-32-35-14-6-2-7-15-35)18-10-19-44(45)59-33-36-16-8-3-9-17-36/h1-10,12-19,21-28,41-42H,11,20,29-33H2,(H,50,52)(H,55,56). The van der Waals surface area contributed by atoms with Gasteiger partial charge in [-0.1, -0.05) is 97.1 Å². The van der Waals surface area contributed by atoms with Crippen LogP contribution in [-0.4, -0.2) is 59.2 Å². The number of nitrogens with zero attached hydrogens (tertiary/aromatic N) is 1. The van der Waals surface area contributed by atoms with Crippen molar-refractivity contribution in [2.75, 3.05) is 13.1 Å². The van der Waals surface area contributed by atoms with Crippen LogP contribution in [0.1, 0.15) is 60.6 Å². The Bertz CT molecular complexity index is 2330. The molecule has 0 radical (unpaired) electrons. The number of amides is 2. The molecule has 0 bridgehead atoms. The Labute approximate surface area is 353 Å². The molecule has 2 atom stereocenters. The fraction of sp³-hybridized carbons (Fsp3) is 0.184. The predicted octanol–water partition coefficient (Wildman–Crippen LogP) is 8.74. The molecule has 1 aliphatic rings. The second kappa shape index (κ2) is 20.4. The van der Waals surface area contributed by atoms with E-state index in [2.05, 4.69) is 5.32 Å². The van der Waals surface area contributed by atoms with Gasteiger partial charge in [-0.2, -0.15) is 0 Å². The second-order valence-electron chi connectivity index (χ2n) is 14.3. The number of ether oxygens (including phenoxy) is 5. The van der Waals surface area contributed by atoms with Gasteiger partial charge in [-0.15, -0.1) is 0 Å². The first-order valence-electron chi connectivity index (χ1n) is 19.8. The van der Waals surface area contributed by atoms with Gasteiger partial charge in [-0.05, 0) is 90.2 Å². The summed E-state index contributed by atoms with van der Waals surface area (Å²) in [6.07, 6.45) is -1.23. The molecule has 6 aromatic carbocycles. The van der Waals surface area contributed by atoms with E-state index in [-0.39, 0.29) is 60.2 Å². The summed E-state index contributed by atoms with van der Waals surface area (Å²) >= 11 is 0. The van der Waals surface area contributed by atoms with Gasteiger partial charge in [0.2, 0.25) is 0 Å². The summed E-state index contributed by atoms with van der Waals surface area (Å²) in [5, 5.41) is 12.7. The average molecular weight is 821 g/mol. The molecule has 2 N–H and O–H groups in total. The Morgan fingerprint density at radius 3 is 1.62 bits per heavy atom. The summed E-state index contributed by atoms with van der Waals surface area (Å²) < 4.78 is 29.8. The first-order chi connectivity index (χ1) is 29.8. The first-order valence-corrected chi connectivity index (χ1v) is 19.8. The van der Waals surface area contributed by atoms with Crippen LogP contribution in [0.3, 0.4) is 0 Å². The molecule has 0 saturated carbocycles. The number of carboxylic acid groups (broad SMARTS) is 1. The van der Waals surface area contributed by atoms with E-state index in [1.54, 1.807) is 42.5 Å². The lowest BCUT2D eigenvalue weighted by molar-refractivity contribution is 0.0179. The Balaban J connectivity index is 1.02. The van der Waals surface area contributed by atoms with Crippen LogP contribution in [0.4, 0.5) is 4.79 Å². The smallest absolute Gasteiger partial charge is 0.407 e. The van der Waals surface area contributed by atoms with Crippen molar-refractivity contribution in [3.05, 3.63) is 191 Å². The van der Waals surface area contributed by atoms with E-state index in [1.165, 1.54) is 29.2 Å². The van der Waals surface area contributed by atoms with Crippen LogP contribution in [0.25, 0.3) is 0 Å². The van der Waals surface area contributed by atoms with Gasteiger partial charge in [0, 0.05) is 18.7 Å². The summed E-state index contributed by atoms with van der Waals surface area (Å²) in [7, 11) is 0. The quantitative estimate of drug-likeness (QED) is 0.0761. The molecule has 0 aliphatic carbocycles. The third kappa shape index (κ3) is 11.5. The number of carbonyl (C=O) groups excluding carboxylic acids is 3. The largest absolute Gasteiger partial charge is 0.489 e. The zero-order valence-corrected chi connectivity index (χ0v) is 33.2. The minimum atomic E-state index is -1.15. The van der Waals surface area contributed by atoms with E-state index in [1.807, 2.05) is 91.0 Å². The van der Waals surface area contributed by atoms with Gasteiger partial charge < -0.3 is 39.0 Å². The normalized spacial score (nSPS) is 14.8. The van der Waals surface area contributed by atoms with E-state index in [4.69, 9.17) is 23.7 Å². The van der Waals surface area contributed by atoms with Crippen LogP contribution < -0.4 is 24.3 Å². The molecular weight excluding hydrogens is 777 g/mol. The minimum absolute atomic E-state index is 0.0958. The maximum atomic E-state index is 13.8. The van der Waals surface area contributed by atoms with E-state index in [9.17, 15) is 24.3 Å². The van der Waals surface area contributed by atoms with E-state index >= 15 is 0 Å². The van der Waals surface area contributed by atoms with Crippen LogP contribution in [0.5, 0.6) is 23.0 Å². The summed E-state index contributed by atoms with van der Waals surface area (Å²) in [5.41, 5.74) is 3.41. The highest BCUT2D eigenvalue weighted by atomic mass is 16.5. The van der Waals surface area contributed by atoms with Gasteiger partial charge in [-0.3, -0.25) is 4.79 Å². The highest BCUT2D eigenvalue weighted by molar-refractivity contribution is 5.97. The monoisotopic (exact) mass is 820 g/mol. The van der Waals surface area contributed by atoms with Crippen molar-refractivity contribution in [3.63, 3.8) is 0 Å². The van der Waals surface area contributed by atoms with Crippen molar-refractivity contribution in [1.82, 2.24) is 10.2 Å². The molecule has 0 spiro atoms. The number of esters is 2. The Kier molecular flexibility index (Phi) is 13.9. The molecule has 12 nitrogen and oxygen atoms in total. The van der Waals surface area contributed by atoms with Crippen molar-refractivity contribution < 1.29 is 48.0 Å². The molecule has 1 heterocycles. The molecule has 1 fully saturated rings. The van der Waals surface area contributed by atoms with Crippen LogP contribution in [0.2, 0.25) is 0 Å². The van der Waals surface area contributed by atoms with Crippen molar-refractivity contribution in [3.8, 4) is 23.0 Å². The van der Waals surface area contributed by atoms with Gasteiger partial charge >= 0.3 is 18.0 Å². The number of benzene rings is 6. The summed E-state index contributed by atoms with van der Waals surface area (Å²) in [6.45, 7) is 0.893. The van der Waals surface area contributed by atoms with Crippen molar-refractivity contribution in [2.45, 2.75) is 44.8 Å². The molecular formula is C49H44N2O10. The number of hydrogen-bond donors (Lipinski definition) is 2. The fourth-order valence-electron chi connectivity index (χ4n) is 6.73. The van der Waals surface area contributed by atoms with E-state index in [0.717, 1.165) is 16.7 Å². The zero-order valence-electron chi connectivity index (χ0n) is 33.2. The maximum Gasteiger partial charge on any atom is 0.407 e. The molecule has 6 aromatic rings. The summed E-state index contributed by atoms with van der Waals surface area (Å²) in [6, 6.07) is 45.5. The number of likely N-dealkylation sites (tertiary alicyclic amines) is 1. The van der Waals surface area contributed by atoms with Crippen molar-refractivity contribution in [1.29, 1.82) is 0 Å². The lowest BCUT2D eigenvalue weighted by Crippen LogP contribution is -2.51. The molecule has 2 amide bonds. The lowest BCUT2D eigenvalue weighted by atomic mass is 10.1. The van der Waals surface area contributed by atoms with Crippen LogP contribution in [-0.2, 0) is 24.6 Å². The Morgan fingerprint density at radius 1 is 0.574 bits per heavy atom. The number of nitrogens with one attached hydrogen (secondary N) is 1. The third-order valence-electron chi connectivity index (χ3n) is 9.96. The van der Waals surface area contributed by atoms with Crippen LogP contribution in [0.15, 0.2) is 158 Å². The van der Waals surface area contributed by atoms with Crippen LogP contribution in [0, 0.1) is 0 Å². The second-order valence-corrected chi connectivity index (χ2v) is 14.3. The molecule has 310 valence electrons. The molecule has 7 rings (SSSR count). The molecule has 61 heavy (non-hydrogen) atoms. The number of carbonyl (C=O) groups is 4. The molecule has 1 aliphatic heterocycles. The van der Waals surface area contributed by atoms with E-state index in [0.29, 0.717) is 25.2 Å². The molecule has 2 unspecified atom stereocenters. The van der Waals surface area contributed by atoms with Crippen molar-refractivity contribution >= 4 is 23.9 Å². The molecule has 0 aromatic heterocycles. The number of hydrogen-bond acceptors (Lipinski definition) is 9. The Hall–Kier alpha value is -7.60. The topological polar surface area (TPSA) is 150 Å². The first kappa shape index (κ1) is 41.6. The third-order valence-corrected chi connectivity index (χ3v) is 9.96. The van der Waals surface area contributed by atoms with Crippen LogP contribution >= 0.6 is 0 Å². The fourth-order valence-corrected chi connectivity index (χ4v) is 6.73. The van der Waals surface area contributed by atoms with E-state index < -0.39 is 36.1 Å². The summed E-state index contributed by atoms with van der Waals surface area (Å²) in [4.78, 5) is 54.1. The van der Waals surface area contributed by atoms with Gasteiger partial charge in [-0.25, -0.2) is 14.4 Å². The lowest BCUT2D eigenvalue weighted by Gasteiger charge is -2.28. The predicted molar refractivity (Wildman–Crippen MR) is 226 cm³/mol. The van der Waals surface area contributed by atoms with Crippen molar-refractivity contribution in [2.24, 2.45) is 0 Å². The Morgan fingerprint density at radius 2 is 1.08 bits per heavy atom. The average Bonchev–Trinajstić information content (AvgIpc) is 3.50. The van der Waals surface area contributed by atoms with Gasteiger partial charge in [0.05, 0.1) is 11.6 Å². The highest BCUT2D eigenvalue weighted by Gasteiger charge is 2.33. The van der Waals surface area contributed by atoms with Gasteiger partial charge in [0.15, 0.2) is 0 Å². The molecule has 1 saturated heterocycles.